The molecule has 184 valence electrons. The van der Waals surface area contributed by atoms with Crippen LogP contribution in [0, 0.1) is 35.0 Å². The molecular formula is C25H40N4O4. The van der Waals surface area contributed by atoms with Crippen molar-refractivity contribution < 1.29 is 19.2 Å². The lowest BCUT2D eigenvalue weighted by molar-refractivity contribution is -0.144. The number of rotatable bonds is 8. The Kier molecular flexibility index (Phi) is 6.60. The second-order valence-corrected chi connectivity index (χ2v) is 11.5. The summed E-state index contributed by atoms with van der Waals surface area (Å²) in [7, 11) is 0. The van der Waals surface area contributed by atoms with Crippen LogP contribution in [0.2, 0.25) is 0 Å². The van der Waals surface area contributed by atoms with E-state index in [-0.39, 0.29) is 35.0 Å². The van der Waals surface area contributed by atoms with Crippen LogP contribution in [-0.2, 0) is 19.2 Å². The first kappa shape index (κ1) is 24.2. The van der Waals surface area contributed by atoms with E-state index in [9.17, 15) is 19.2 Å². The minimum Gasteiger partial charge on any atom is -0.363 e. The SMILES string of the molecule is CCCC(NC(=O)C1[C@H]2C(CN1C(=O)C(N)C1CC3CCCCC3C1)C2(C)C)C(=O)C(N)=O. The van der Waals surface area contributed by atoms with E-state index in [1.54, 1.807) is 4.90 Å². The molecule has 6 unspecified atom stereocenters. The molecule has 33 heavy (non-hydrogen) atoms. The van der Waals surface area contributed by atoms with Crippen molar-refractivity contribution in [2.24, 2.45) is 46.5 Å². The van der Waals surface area contributed by atoms with Gasteiger partial charge in [0.25, 0.3) is 5.91 Å². The molecule has 0 bridgehead atoms. The third kappa shape index (κ3) is 4.31. The van der Waals surface area contributed by atoms with Crippen LogP contribution in [0.1, 0.15) is 72.1 Å². The molecule has 3 aliphatic carbocycles. The molecule has 8 nitrogen and oxygen atoms in total. The average molecular weight is 461 g/mol. The summed E-state index contributed by atoms with van der Waals surface area (Å²) in [6, 6.07) is -2.21. The van der Waals surface area contributed by atoms with Crippen molar-refractivity contribution in [3.8, 4) is 0 Å². The fourth-order valence-electron chi connectivity index (χ4n) is 7.26. The smallest absolute Gasteiger partial charge is 0.287 e. The number of nitrogens with one attached hydrogen (secondary N) is 1. The van der Waals surface area contributed by atoms with E-state index >= 15 is 0 Å². The number of nitrogens with zero attached hydrogens (tertiary/aromatic N) is 1. The molecule has 3 saturated carbocycles. The average Bonchev–Trinajstić information content (AvgIpc) is 3.17. The van der Waals surface area contributed by atoms with Crippen LogP contribution in [0.25, 0.3) is 0 Å². The highest BCUT2D eigenvalue weighted by molar-refractivity contribution is 6.37. The first-order chi connectivity index (χ1) is 15.6. The highest BCUT2D eigenvalue weighted by Gasteiger charge is 2.69. The molecule has 1 heterocycles. The molecule has 3 amide bonds. The van der Waals surface area contributed by atoms with Crippen molar-refractivity contribution in [1.29, 1.82) is 0 Å². The maximum absolute atomic E-state index is 13.6. The van der Waals surface area contributed by atoms with Gasteiger partial charge in [0.15, 0.2) is 0 Å². The van der Waals surface area contributed by atoms with Crippen LogP contribution in [0.15, 0.2) is 0 Å². The highest BCUT2D eigenvalue weighted by Crippen LogP contribution is 2.65. The maximum Gasteiger partial charge on any atom is 0.287 e. The Balaban J connectivity index is 1.48. The van der Waals surface area contributed by atoms with Crippen LogP contribution in [0.5, 0.6) is 0 Å². The van der Waals surface area contributed by atoms with Gasteiger partial charge in [0, 0.05) is 6.54 Å². The predicted molar refractivity (Wildman–Crippen MR) is 123 cm³/mol. The number of likely N-dealkylation sites (tertiary alicyclic amines) is 1. The summed E-state index contributed by atoms with van der Waals surface area (Å²) in [4.78, 5) is 52.3. The number of amides is 3. The topological polar surface area (TPSA) is 136 Å². The minimum atomic E-state index is -1.05. The van der Waals surface area contributed by atoms with Gasteiger partial charge in [-0.25, -0.2) is 0 Å². The Morgan fingerprint density at radius 1 is 1.09 bits per heavy atom. The zero-order valence-electron chi connectivity index (χ0n) is 20.2. The number of carbonyl (C=O) groups is 4. The zero-order valence-corrected chi connectivity index (χ0v) is 20.2. The van der Waals surface area contributed by atoms with Crippen LogP contribution in [0.4, 0.5) is 0 Å². The van der Waals surface area contributed by atoms with Crippen molar-refractivity contribution in [3.05, 3.63) is 0 Å². The number of fused-ring (bicyclic) bond motifs is 2. The Bertz CT molecular complexity index is 813. The molecule has 4 fully saturated rings. The second kappa shape index (κ2) is 9.01. The van der Waals surface area contributed by atoms with E-state index in [1.165, 1.54) is 25.7 Å². The monoisotopic (exact) mass is 460 g/mol. The Labute approximate surface area is 196 Å². The Morgan fingerprint density at radius 3 is 2.24 bits per heavy atom. The van der Waals surface area contributed by atoms with E-state index in [1.807, 2.05) is 6.92 Å². The fourth-order valence-corrected chi connectivity index (χ4v) is 7.26. The fraction of sp³-hybridized carbons (Fsp3) is 0.840. The quantitative estimate of drug-likeness (QED) is 0.470. The lowest BCUT2D eigenvalue weighted by Crippen LogP contribution is -2.58. The number of nitrogens with two attached hydrogens (primary N) is 2. The van der Waals surface area contributed by atoms with Crippen molar-refractivity contribution >= 4 is 23.5 Å². The summed E-state index contributed by atoms with van der Waals surface area (Å²) in [5, 5.41) is 2.75. The van der Waals surface area contributed by atoms with Gasteiger partial charge in [0.2, 0.25) is 17.6 Å². The Hall–Kier alpha value is -1.96. The number of Topliss-reactive ketones (excluding diaryl/α,β-unsaturated/α-hetero) is 1. The maximum atomic E-state index is 13.6. The van der Waals surface area contributed by atoms with E-state index < -0.39 is 29.8 Å². The molecule has 4 aliphatic rings. The van der Waals surface area contributed by atoms with Crippen molar-refractivity contribution in [3.63, 3.8) is 0 Å². The van der Waals surface area contributed by atoms with Crippen molar-refractivity contribution in [1.82, 2.24) is 10.2 Å². The molecule has 0 spiro atoms. The number of primary amides is 1. The van der Waals surface area contributed by atoms with E-state index in [0.717, 1.165) is 12.8 Å². The van der Waals surface area contributed by atoms with Crippen LogP contribution < -0.4 is 16.8 Å². The van der Waals surface area contributed by atoms with Gasteiger partial charge >= 0.3 is 0 Å². The van der Waals surface area contributed by atoms with Gasteiger partial charge in [0.05, 0.1) is 12.1 Å². The number of piperidine rings is 1. The molecular weight excluding hydrogens is 420 g/mol. The molecule has 1 saturated heterocycles. The first-order valence-electron chi connectivity index (χ1n) is 12.8. The standard InChI is InChI=1S/C25H40N4O4/c1-4-7-17(21(30)22(27)31)28-23(32)20-18-16(25(18,2)3)12-29(20)24(33)19(26)15-10-13-8-5-6-9-14(13)11-15/h13-20H,4-12,26H2,1-3H3,(H2,27,31)(H,28,32)/t13?,14?,15?,16?,17?,18-,19?,20?/m1/s1. The molecule has 5 N–H and O–H groups in total. The highest BCUT2D eigenvalue weighted by atomic mass is 16.2. The molecule has 0 aromatic carbocycles. The van der Waals surface area contributed by atoms with Gasteiger partial charge in [-0.15, -0.1) is 0 Å². The third-order valence-corrected chi connectivity index (χ3v) is 9.28. The van der Waals surface area contributed by atoms with Gasteiger partial charge in [-0.1, -0.05) is 52.9 Å². The summed E-state index contributed by atoms with van der Waals surface area (Å²) in [5.74, 6) is -0.553. The summed E-state index contributed by atoms with van der Waals surface area (Å²) in [5.41, 5.74) is 11.7. The summed E-state index contributed by atoms with van der Waals surface area (Å²) < 4.78 is 0. The van der Waals surface area contributed by atoms with E-state index in [2.05, 4.69) is 19.2 Å². The molecule has 4 rings (SSSR count). The summed E-state index contributed by atoms with van der Waals surface area (Å²) in [6.45, 7) is 6.62. The largest absolute Gasteiger partial charge is 0.363 e. The zero-order chi connectivity index (χ0) is 24.1. The van der Waals surface area contributed by atoms with Gasteiger partial charge in [-0.3, -0.25) is 19.2 Å². The van der Waals surface area contributed by atoms with Crippen molar-refractivity contribution in [2.45, 2.75) is 90.3 Å². The second-order valence-electron chi connectivity index (χ2n) is 11.5. The van der Waals surface area contributed by atoms with Gasteiger partial charge in [0.1, 0.15) is 6.04 Å². The number of carbonyl (C=O) groups excluding carboxylic acids is 4. The van der Waals surface area contributed by atoms with Crippen LogP contribution >= 0.6 is 0 Å². The number of hydrogen-bond donors (Lipinski definition) is 3. The predicted octanol–water partition coefficient (Wildman–Crippen LogP) is 1.35. The number of hydrogen-bond acceptors (Lipinski definition) is 5. The third-order valence-electron chi connectivity index (χ3n) is 9.28. The summed E-state index contributed by atoms with van der Waals surface area (Å²) in [6.07, 6.45) is 7.97. The molecule has 7 atom stereocenters. The molecule has 0 aromatic rings. The lowest BCUT2D eigenvalue weighted by atomic mass is 9.82. The van der Waals surface area contributed by atoms with E-state index in [0.29, 0.717) is 31.2 Å². The normalized spacial score (nSPS) is 35.8. The van der Waals surface area contributed by atoms with Gasteiger partial charge in [-0.05, 0) is 54.3 Å². The molecule has 1 aliphatic heterocycles. The summed E-state index contributed by atoms with van der Waals surface area (Å²) >= 11 is 0. The van der Waals surface area contributed by atoms with Gasteiger partial charge in [-0.2, -0.15) is 0 Å². The minimum absolute atomic E-state index is 0.0331. The van der Waals surface area contributed by atoms with Crippen LogP contribution in [0.3, 0.4) is 0 Å². The lowest BCUT2D eigenvalue weighted by Gasteiger charge is -2.34. The molecule has 8 heteroatoms. The van der Waals surface area contributed by atoms with E-state index in [4.69, 9.17) is 11.5 Å². The Morgan fingerprint density at radius 2 is 1.70 bits per heavy atom. The van der Waals surface area contributed by atoms with Crippen molar-refractivity contribution in [2.75, 3.05) is 6.54 Å². The molecule has 0 aromatic heterocycles. The molecule has 0 radical (unpaired) electrons. The number of ketones is 1. The van der Waals surface area contributed by atoms with Crippen LogP contribution in [-0.4, -0.2) is 53.1 Å². The first-order valence-corrected chi connectivity index (χ1v) is 12.8. The van der Waals surface area contributed by atoms with Gasteiger partial charge < -0.3 is 21.7 Å².